The van der Waals surface area contributed by atoms with E-state index >= 15 is 0 Å². The Labute approximate surface area is 116 Å². The number of hydrogen-bond donors (Lipinski definition) is 1. The highest BCUT2D eigenvalue weighted by Crippen LogP contribution is 2.26. The summed E-state index contributed by atoms with van der Waals surface area (Å²) in [5, 5.41) is 0.118. The Kier molecular flexibility index (Phi) is 4.07. The second-order valence-electron chi connectivity index (χ2n) is 4.57. The standard InChI is InChI=1S/C13H16ClFN2S/c1-3-4-5-8(2)17-12-7-10(15)9(14)6-11(12)16-13(17)18/h6-8H,3-5H2,1-2H3,(H,16,18). The normalized spacial score (nSPS) is 13.1. The van der Waals surface area contributed by atoms with Crippen molar-refractivity contribution in [1.82, 2.24) is 9.55 Å². The Morgan fingerprint density at radius 2 is 2.22 bits per heavy atom. The Balaban J connectivity index is 2.53. The van der Waals surface area contributed by atoms with Crippen molar-refractivity contribution in [2.75, 3.05) is 0 Å². The minimum absolute atomic E-state index is 0.118. The lowest BCUT2D eigenvalue weighted by Gasteiger charge is -2.14. The van der Waals surface area contributed by atoms with E-state index in [0.717, 1.165) is 30.3 Å². The number of benzene rings is 1. The number of aromatic nitrogens is 2. The van der Waals surface area contributed by atoms with E-state index in [4.69, 9.17) is 23.8 Å². The van der Waals surface area contributed by atoms with Crippen molar-refractivity contribution in [3.63, 3.8) is 0 Å². The van der Waals surface area contributed by atoms with Gasteiger partial charge in [0.1, 0.15) is 5.82 Å². The summed E-state index contributed by atoms with van der Waals surface area (Å²) in [6.45, 7) is 4.26. The molecule has 0 bridgehead atoms. The molecule has 2 rings (SSSR count). The second-order valence-corrected chi connectivity index (χ2v) is 5.37. The van der Waals surface area contributed by atoms with E-state index in [1.807, 2.05) is 4.57 Å². The van der Waals surface area contributed by atoms with Crippen LogP contribution in [0.15, 0.2) is 12.1 Å². The first-order valence-electron chi connectivity index (χ1n) is 6.13. The zero-order valence-corrected chi connectivity index (χ0v) is 12.0. The van der Waals surface area contributed by atoms with Crippen molar-refractivity contribution in [3.05, 3.63) is 27.7 Å². The summed E-state index contributed by atoms with van der Waals surface area (Å²) in [5.41, 5.74) is 1.57. The lowest BCUT2D eigenvalue weighted by molar-refractivity contribution is 0.491. The third kappa shape index (κ3) is 2.45. The number of fused-ring (bicyclic) bond motifs is 1. The zero-order valence-electron chi connectivity index (χ0n) is 10.5. The van der Waals surface area contributed by atoms with Gasteiger partial charge < -0.3 is 9.55 Å². The van der Waals surface area contributed by atoms with Crippen LogP contribution in [0, 0.1) is 10.6 Å². The van der Waals surface area contributed by atoms with Crippen LogP contribution in [0.3, 0.4) is 0 Å². The van der Waals surface area contributed by atoms with E-state index in [2.05, 4.69) is 18.8 Å². The Hall–Kier alpha value is -0.870. The zero-order chi connectivity index (χ0) is 13.3. The van der Waals surface area contributed by atoms with E-state index < -0.39 is 5.82 Å². The minimum Gasteiger partial charge on any atom is -0.331 e. The van der Waals surface area contributed by atoms with Gasteiger partial charge in [-0.1, -0.05) is 31.4 Å². The summed E-state index contributed by atoms with van der Waals surface area (Å²) in [4.78, 5) is 3.08. The second kappa shape index (κ2) is 5.41. The van der Waals surface area contributed by atoms with Gasteiger partial charge in [-0.2, -0.15) is 0 Å². The molecule has 0 amide bonds. The molecule has 1 unspecified atom stereocenters. The molecule has 0 radical (unpaired) electrons. The van der Waals surface area contributed by atoms with Gasteiger partial charge in [-0.3, -0.25) is 0 Å². The third-order valence-corrected chi connectivity index (χ3v) is 3.76. The molecular weight excluding hydrogens is 271 g/mol. The van der Waals surface area contributed by atoms with Crippen LogP contribution in [-0.4, -0.2) is 9.55 Å². The molecule has 0 saturated heterocycles. The molecule has 0 fully saturated rings. The maximum absolute atomic E-state index is 13.6. The van der Waals surface area contributed by atoms with Crippen LogP contribution < -0.4 is 0 Å². The molecule has 1 N–H and O–H groups in total. The molecule has 1 aromatic heterocycles. The fourth-order valence-corrected chi connectivity index (χ4v) is 2.74. The van der Waals surface area contributed by atoms with Gasteiger partial charge in [-0.05, 0) is 31.6 Å². The molecule has 1 heterocycles. The fourth-order valence-electron chi connectivity index (χ4n) is 2.19. The van der Waals surface area contributed by atoms with Crippen molar-refractivity contribution in [3.8, 4) is 0 Å². The van der Waals surface area contributed by atoms with E-state index in [0.29, 0.717) is 4.77 Å². The fraction of sp³-hybridized carbons (Fsp3) is 0.462. The molecule has 5 heteroatoms. The highest BCUT2D eigenvalue weighted by Gasteiger charge is 2.13. The van der Waals surface area contributed by atoms with Crippen molar-refractivity contribution in [1.29, 1.82) is 0 Å². The number of H-pyrrole nitrogens is 1. The number of nitrogens with zero attached hydrogens (tertiary/aromatic N) is 1. The van der Waals surface area contributed by atoms with Crippen LogP contribution in [-0.2, 0) is 0 Å². The highest BCUT2D eigenvalue weighted by molar-refractivity contribution is 7.71. The van der Waals surface area contributed by atoms with Crippen LogP contribution in [0.4, 0.5) is 4.39 Å². The third-order valence-electron chi connectivity index (χ3n) is 3.17. The smallest absolute Gasteiger partial charge is 0.178 e. The maximum Gasteiger partial charge on any atom is 0.178 e. The molecule has 18 heavy (non-hydrogen) atoms. The summed E-state index contributed by atoms with van der Waals surface area (Å²) < 4.78 is 16.2. The molecule has 2 nitrogen and oxygen atoms in total. The van der Waals surface area contributed by atoms with Gasteiger partial charge >= 0.3 is 0 Å². The average molecular weight is 287 g/mol. The number of aromatic amines is 1. The summed E-state index contributed by atoms with van der Waals surface area (Å²) in [6, 6.07) is 3.30. The average Bonchev–Trinajstić information content (AvgIpc) is 2.62. The summed E-state index contributed by atoms with van der Waals surface area (Å²) in [6.07, 6.45) is 3.30. The van der Waals surface area contributed by atoms with E-state index in [9.17, 15) is 4.39 Å². The van der Waals surface area contributed by atoms with E-state index in [-0.39, 0.29) is 11.1 Å². The Bertz CT molecular complexity index is 617. The lowest BCUT2D eigenvalue weighted by atomic mass is 10.1. The molecule has 0 aliphatic heterocycles. The number of nitrogens with one attached hydrogen (secondary N) is 1. The van der Waals surface area contributed by atoms with Gasteiger partial charge in [0.25, 0.3) is 0 Å². The highest BCUT2D eigenvalue weighted by atomic mass is 35.5. The number of unbranched alkanes of at least 4 members (excludes halogenated alkanes) is 1. The molecular formula is C13H16ClFN2S. The molecule has 0 saturated carbocycles. The summed E-state index contributed by atoms with van der Waals surface area (Å²) >= 11 is 11.1. The van der Waals surface area contributed by atoms with E-state index in [1.165, 1.54) is 6.07 Å². The molecule has 0 aliphatic rings. The van der Waals surface area contributed by atoms with Gasteiger partial charge in [0.15, 0.2) is 4.77 Å². The molecule has 1 aromatic carbocycles. The van der Waals surface area contributed by atoms with Crippen molar-refractivity contribution in [2.45, 2.75) is 39.2 Å². The first-order valence-corrected chi connectivity index (χ1v) is 6.92. The van der Waals surface area contributed by atoms with Crippen molar-refractivity contribution in [2.24, 2.45) is 0 Å². The van der Waals surface area contributed by atoms with Gasteiger partial charge in [-0.15, -0.1) is 0 Å². The van der Waals surface area contributed by atoms with Crippen LogP contribution in [0.5, 0.6) is 0 Å². The van der Waals surface area contributed by atoms with E-state index in [1.54, 1.807) is 6.07 Å². The van der Waals surface area contributed by atoms with Crippen molar-refractivity contribution < 1.29 is 4.39 Å². The predicted molar refractivity (Wildman–Crippen MR) is 76.3 cm³/mol. The Morgan fingerprint density at radius 3 is 2.89 bits per heavy atom. The number of halogens is 2. The molecule has 2 aromatic rings. The number of hydrogen-bond acceptors (Lipinski definition) is 1. The van der Waals surface area contributed by atoms with Crippen LogP contribution >= 0.6 is 23.8 Å². The number of rotatable bonds is 4. The topological polar surface area (TPSA) is 20.7 Å². The predicted octanol–water partition coefficient (Wildman–Crippen LogP) is 5.24. The minimum atomic E-state index is -0.408. The first kappa shape index (κ1) is 13.6. The van der Waals surface area contributed by atoms with Gasteiger partial charge in [0.05, 0.1) is 16.1 Å². The SMILES string of the molecule is CCCCC(C)n1c(=S)[nH]c2cc(Cl)c(F)cc21. The van der Waals surface area contributed by atoms with Crippen molar-refractivity contribution >= 4 is 34.9 Å². The summed E-state index contributed by atoms with van der Waals surface area (Å²) in [7, 11) is 0. The Morgan fingerprint density at radius 1 is 1.50 bits per heavy atom. The van der Waals surface area contributed by atoms with Gasteiger partial charge in [-0.25, -0.2) is 4.39 Å². The lowest BCUT2D eigenvalue weighted by Crippen LogP contribution is -2.05. The maximum atomic E-state index is 13.6. The first-order chi connectivity index (χ1) is 8.54. The molecule has 98 valence electrons. The van der Waals surface area contributed by atoms with Gasteiger partial charge in [0, 0.05) is 12.1 Å². The molecule has 0 aliphatic carbocycles. The summed E-state index contributed by atoms with van der Waals surface area (Å²) in [5.74, 6) is -0.408. The van der Waals surface area contributed by atoms with Crippen LogP contribution in [0.25, 0.3) is 11.0 Å². The van der Waals surface area contributed by atoms with Crippen LogP contribution in [0.2, 0.25) is 5.02 Å². The van der Waals surface area contributed by atoms with Crippen LogP contribution in [0.1, 0.15) is 39.2 Å². The monoisotopic (exact) mass is 286 g/mol. The quantitative estimate of drug-likeness (QED) is 0.762. The number of imidazole rings is 1. The van der Waals surface area contributed by atoms with Gasteiger partial charge in [0.2, 0.25) is 0 Å². The molecule has 1 atom stereocenters. The largest absolute Gasteiger partial charge is 0.331 e. The molecule has 0 spiro atoms.